The lowest BCUT2D eigenvalue weighted by molar-refractivity contribution is 0.0855. The minimum Gasteiger partial charge on any atom is -0.507 e. The van der Waals surface area contributed by atoms with E-state index >= 15 is 0 Å². The molecule has 0 bridgehead atoms. The van der Waals surface area contributed by atoms with Gasteiger partial charge in [-0.1, -0.05) is 15.9 Å². The molecule has 1 atom stereocenters. The number of nitrogens with one attached hydrogen (secondary N) is 1. The smallest absolute Gasteiger partial charge is 0.255 e. The van der Waals surface area contributed by atoms with Gasteiger partial charge in [-0.05, 0) is 31.0 Å². The van der Waals surface area contributed by atoms with Gasteiger partial charge in [0.05, 0.1) is 11.7 Å². The van der Waals surface area contributed by atoms with Crippen LogP contribution in [-0.2, 0) is 4.74 Å². The molecule has 0 aliphatic carbocycles. The summed E-state index contributed by atoms with van der Waals surface area (Å²) in [6.07, 6.45) is 2.13. The number of halogens is 1. The molecule has 92 valence electrons. The number of hydrogen-bond donors (Lipinski definition) is 2. The van der Waals surface area contributed by atoms with Crippen molar-refractivity contribution in [1.82, 2.24) is 5.32 Å². The molecule has 1 aromatic rings. The van der Waals surface area contributed by atoms with Gasteiger partial charge in [0.25, 0.3) is 5.91 Å². The largest absolute Gasteiger partial charge is 0.507 e. The maximum absolute atomic E-state index is 11.8. The first-order valence-corrected chi connectivity index (χ1v) is 6.34. The zero-order valence-electron chi connectivity index (χ0n) is 9.28. The summed E-state index contributed by atoms with van der Waals surface area (Å²) < 4.78 is 6.17. The molecule has 1 aliphatic heterocycles. The number of ether oxygens (including phenoxy) is 1. The van der Waals surface area contributed by atoms with Crippen LogP contribution in [0.3, 0.4) is 0 Å². The van der Waals surface area contributed by atoms with E-state index in [1.165, 1.54) is 6.07 Å². The minimum absolute atomic E-state index is 0.0157. The molecule has 1 heterocycles. The summed E-state index contributed by atoms with van der Waals surface area (Å²) >= 11 is 3.27. The van der Waals surface area contributed by atoms with E-state index in [4.69, 9.17) is 4.74 Å². The summed E-state index contributed by atoms with van der Waals surface area (Å²) in [5, 5.41) is 12.3. The Labute approximate surface area is 108 Å². The standard InChI is InChI=1S/C12H14BrNO3/c13-8-3-4-11(15)10(6-8)12(16)14-7-9-2-1-5-17-9/h3-4,6,9,15H,1-2,5,7H2,(H,14,16)/t9-/m1/s1. The number of carbonyl (C=O) groups excluding carboxylic acids is 1. The number of phenols is 1. The fraction of sp³-hybridized carbons (Fsp3) is 0.417. The van der Waals surface area contributed by atoms with Crippen molar-refractivity contribution >= 4 is 21.8 Å². The molecule has 4 nitrogen and oxygen atoms in total. The SMILES string of the molecule is O=C(NC[C@H]1CCCO1)c1cc(Br)ccc1O. The van der Waals surface area contributed by atoms with Crippen molar-refractivity contribution in [3.05, 3.63) is 28.2 Å². The normalized spacial score (nSPS) is 19.2. The lowest BCUT2D eigenvalue weighted by Gasteiger charge is -2.11. The molecule has 5 heteroatoms. The fourth-order valence-electron chi connectivity index (χ4n) is 1.80. The molecule has 2 rings (SSSR count). The van der Waals surface area contributed by atoms with Crippen LogP contribution in [0.5, 0.6) is 5.75 Å². The van der Waals surface area contributed by atoms with Crippen molar-refractivity contribution in [1.29, 1.82) is 0 Å². The molecular formula is C12H14BrNO3. The highest BCUT2D eigenvalue weighted by Gasteiger charge is 2.18. The Balaban J connectivity index is 1.96. The van der Waals surface area contributed by atoms with Crippen LogP contribution < -0.4 is 5.32 Å². The van der Waals surface area contributed by atoms with E-state index in [0.29, 0.717) is 6.54 Å². The maximum atomic E-state index is 11.8. The molecule has 0 radical (unpaired) electrons. The Hall–Kier alpha value is -1.07. The van der Waals surface area contributed by atoms with Crippen LogP contribution in [-0.4, -0.2) is 30.3 Å². The van der Waals surface area contributed by atoms with Crippen molar-refractivity contribution in [2.24, 2.45) is 0 Å². The van der Waals surface area contributed by atoms with Crippen LogP contribution in [0.1, 0.15) is 23.2 Å². The Morgan fingerprint density at radius 2 is 2.41 bits per heavy atom. The third-order valence-corrected chi connectivity index (χ3v) is 3.21. The van der Waals surface area contributed by atoms with Crippen molar-refractivity contribution in [2.75, 3.05) is 13.2 Å². The lowest BCUT2D eigenvalue weighted by Crippen LogP contribution is -2.31. The second-order valence-corrected chi connectivity index (χ2v) is 4.92. The van der Waals surface area contributed by atoms with Gasteiger partial charge in [0, 0.05) is 17.6 Å². The number of phenolic OH excluding ortho intramolecular Hbond substituents is 1. The summed E-state index contributed by atoms with van der Waals surface area (Å²) in [4.78, 5) is 11.8. The topological polar surface area (TPSA) is 58.6 Å². The maximum Gasteiger partial charge on any atom is 0.255 e. The van der Waals surface area contributed by atoms with Crippen LogP contribution in [0.25, 0.3) is 0 Å². The first-order chi connectivity index (χ1) is 8.16. The number of amides is 1. The first kappa shape index (κ1) is 12.4. The molecule has 1 amide bonds. The van der Waals surface area contributed by atoms with Gasteiger partial charge in [0.15, 0.2) is 0 Å². The molecule has 1 aliphatic rings. The van der Waals surface area contributed by atoms with Crippen LogP contribution >= 0.6 is 15.9 Å². The highest BCUT2D eigenvalue weighted by Crippen LogP contribution is 2.21. The minimum atomic E-state index is -0.278. The Morgan fingerprint density at radius 1 is 1.59 bits per heavy atom. The third kappa shape index (κ3) is 3.20. The second kappa shape index (κ2) is 5.51. The number of carbonyl (C=O) groups is 1. The average Bonchev–Trinajstić information content (AvgIpc) is 2.82. The van der Waals surface area contributed by atoms with E-state index in [2.05, 4.69) is 21.2 Å². The third-order valence-electron chi connectivity index (χ3n) is 2.72. The number of aromatic hydroxyl groups is 1. The van der Waals surface area contributed by atoms with Gasteiger partial charge in [-0.15, -0.1) is 0 Å². The van der Waals surface area contributed by atoms with Crippen molar-refractivity contribution in [2.45, 2.75) is 18.9 Å². The molecule has 0 aromatic heterocycles. The lowest BCUT2D eigenvalue weighted by atomic mass is 10.2. The fourth-order valence-corrected chi connectivity index (χ4v) is 2.16. The van der Waals surface area contributed by atoms with Crippen LogP contribution in [0.2, 0.25) is 0 Å². The molecule has 2 N–H and O–H groups in total. The van der Waals surface area contributed by atoms with Gasteiger partial charge >= 0.3 is 0 Å². The quantitative estimate of drug-likeness (QED) is 0.898. The Bertz CT molecular complexity index is 416. The van der Waals surface area contributed by atoms with Crippen LogP contribution in [0, 0.1) is 0 Å². The van der Waals surface area contributed by atoms with E-state index in [0.717, 1.165) is 23.9 Å². The Morgan fingerprint density at radius 3 is 3.12 bits per heavy atom. The number of rotatable bonds is 3. The van der Waals surface area contributed by atoms with Crippen molar-refractivity contribution in [3.63, 3.8) is 0 Å². The van der Waals surface area contributed by atoms with Gasteiger partial charge in [-0.2, -0.15) is 0 Å². The Kier molecular flexibility index (Phi) is 4.02. The van der Waals surface area contributed by atoms with E-state index in [9.17, 15) is 9.90 Å². The molecule has 0 spiro atoms. The molecule has 0 unspecified atom stereocenters. The van der Waals surface area contributed by atoms with Crippen LogP contribution in [0.4, 0.5) is 0 Å². The van der Waals surface area contributed by atoms with Gasteiger partial charge in [0.1, 0.15) is 5.75 Å². The molecule has 1 aromatic carbocycles. The molecule has 1 saturated heterocycles. The van der Waals surface area contributed by atoms with E-state index in [-0.39, 0.29) is 23.3 Å². The number of hydrogen-bond acceptors (Lipinski definition) is 3. The second-order valence-electron chi connectivity index (χ2n) is 4.01. The molecule has 1 fully saturated rings. The van der Waals surface area contributed by atoms with Gasteiger partial charge in [0.2, 0.25) is 0 Å². The van der Waals surface area contributed by atoms with Gasteiger partial charge < -0.3 is 15.2 Å². The van der Waals surface area contributed by atoms with E-state index < -0.39 is 0 Å². The van der Waals surface area contributed by atoms with Crippen molar-refractivity contribution < 1.29 is 14.6 Å². The monoisotopic (exact) mass is 299 g/mol. The predicted octanol–water partition coefficient (Wildman–Crippen LogP) is 2.06. The summed E-state index contributed by atoms with van der Waals surface area (Å²) in [7, 11) is 0. The van der Waals surface area contributed by atoms with Crippen molar-refractivity contribution in [3.8, 4) is 5.75 Å². The molecule has 0 saturated carbocycles. The summed E-state index contributed by atoms with van der Waals surface area (Å²) in [6.45, 7) is 1.26. The van der Waals surface area contributed by atoms with E-state index in [1.54, 1.807) is 12.1 Å². The zero-order valence-corrected chi connectivity index (χ0v) is 10.9. The predicted molar refractivity (Wildman–Crippen MR) is 67.1 cm³/mol. The zero-order chi connectivity index (χ0) is 12.3. The molecular weight excluding hydrogens is 286 g/mol. The summed E-state index contributed by atoms with van der Waals surface area (Å²) in [5.41, 5.74) is 0.275. The summed E-state index contributed by atoms with van der Waals surface area (Å²) in [5.74, 6) is -0.294. The molecule has 17 heavy (non-hydrogen) atoms. The van der Waals surface area contributed by atoms with Gasteiger partial charge in [-0.3, -0.25) is 4.79 Å². The summed E-state index contributed by atoms with van der Waals surface area (Å²) in [6, 6.07) is 4.78. The first-order valence-electron chi connectivity index (χ1n) is 5.55. The highest BCUT2D eigenvalue weighted by molar-refractivity contribution is 9.10. The van der Waals surface area contributed by atoms with Crippen LogP contribution in [0.15, 0.2) is 22.7 Å². The average molecular weight is 300 g/mol. The number of benzene rings is 1. The van der Waals surface area contributed by atoms with Gasteiger partial charge in [-0.25, -0.2) is 0 Å². The highest BCUT2D eigenvalue weighted by atomic mass is 79.9. The van der Waals surface area contributed by atoms with E-state index in [1.807, 2.05) is 0 Å².